The molecule has 6 heteroatoms. The van der Waals surface area contributed by atoms with Crippen LogP contribution in [0.5, 0.6) is 5.75 Å². The van der Waals surface area contributed by atoms with Gasteiger partial charge in [-0.3, -0.25) is 0 Å². The molecule has 0 fully saturated rings. The molecule has 0 aliphatic heterocycles. The van der Waals surface area contributed by atoms with Crippen molar-refractivity contribution in [1.82, 2.24) is 4.83 Å². The van der Waals surface area contributed by atoms with E-state index >= 15 is 0 Å². The van der Waals surface area contributed by atoms with Crippen LogP contribution in [0.4, 0.5) is 0 Å². The lowest BCUT2D eigenvalue weighted by Crippen LogP contribution is -2.20. The van der Waals surface area contributed by atoms with Crippen molar-refractivity contribution in [3.05, 3.63) is 72.3 Å². The van der Waals surface area contributed by atoms with E-state index < -0.39 is 10.0 Å². The summed E-state index contributed by atoms with van der Waals surface area (Å²) in [6.07, 6.45) is 4.11. The maximum absolute atomic E-state index is 12.5. The van der Waals surface area contributed by atoms with Crippen LogP contribution in [0.3, 0.4) is 0 Å². The molecule has 0 atom stereocenters. The van der Waals surface area contributed by atoms with Gasteiger partial charge in [0.15, 0.2) is 0 Å². The Labute approximate surface area is 155 Å². The molecule has 0 aliphatic rings. The first kappa shape index (κ1) is 19.7. The number of allylic oxidation sites excluding steroid dienone is 1. The molecular weight excluding hydrogens is 348 g/mol. The van der Waals surface area contributed by atoms with Gasteiger partial charge in [0, 0.05) is 5.56 Å². The third-order valence-corrected chi connectivity index (χ3v) is 5.08. The summed E-state index contributed by atoms with van der Waals surface area (Å²) < 4.78 is 30.2. The van der Waals surface area contributed by atoms with Crippen LogP contribution in [0.15, 0.2) is 71.2 Å². The lowest BCUT2D eigenvalue weighted by atomic mass is 10.0. The second-order valence-corrected chi connectivity index (χ2v) is 7.54. The van der Waals surface area contributed by atoms with E-state index in [1.807, 2.05) is 37.3 Å². The lowest BCUT2D eigenvalue weighted by molar-refractivity contribution is 0.414. The Kier molecular flexibility index (Phi) is 6.97. The van der Waals surface area contributed by atoms with Gasteiger partial charge >= 0.3 is 0 Å². The zero-order valence-electron chi connectivity index (χ0n) is 15.1. The molecule has 0 aromatic heterocycles. The fourth-order valence-corrected chi connectivity index (χ4v) is 3.20. The monoisotopic (exact) mass is 372 g/mol. The molecule has 2 aromatic rings. The third-order valence-electron chi connectivity index (χ3n) is 3.86. The first-order valence-electron chi connectivity index (χ1n) is 8.36. The van der Waals surface area contributed by atoms with Gasteiger partial charge in [-0.25, -0.2) is 0 Å². The average molecular weight is 372 g/mol. The minimum absolute atomic E-state index is 0.183. The summed E-state index contributed by atoms with van der Waals surface area (Å²) in [6, 6.07) is 14.1. The molecule has 0 saturated carbocycles. The Bertz CT molecular complexity index is 872. The third kappa shape index (κ3) is 5.46. The van der Waals surface area contributed by atoms with Crippen molar-refractivity contribution >= 4 is 15.7 Å². The van der Waals surface area contributed by atoms with Crippen LogP contribution in [0.1, 0.15) is 30.4 Å². The Morgan fingerprint density at radius 2 is 1.96 bits per heavy atom. The first-order valence-corrected chi connectivity index (χ1v) is 9.85. The molecule has 5 nitrogen and oxygen atoms in total. The van der Waals surface area contributed by atoms with Gasteiger partial charge in [0.1, 0.15) is 5.75 Å². The first-order chi connectivity index (χ1) is 12.5. The smallest absolute Gasteiger partial charge is 0.276 e. The lowest BCUT2D eigenvalue weighted by Gasteiger charge is -2.10. The molecular formula is C20H24N2O3S. The zero-order valence-corrected chi connectivity index (χ0v) is 15.9. The summed E-state index contributed by atoms with van der Waals surface area (Å²) in [5, 5.41) is 4.20. The fraction of sp³-hybridized carbons (Fsp3) is 0.250. The number of unbranched alkanes of at least 4 members (excludes halogenated alkanes) is 1. The number of aryl methyl sites for hydroxylation is 1. The summed E-state index contributed by atoms with van der Waals surface area (Å²) in [4.78, 5) is 2.53. The molecule has 0 heterocycles. The molecule has 0 spiro atoms. The van der Waals surface area contributed by atoms with Crippen molar-refractivity contribution in [1.29, 1.82) is 0 Å². The van der Waals surface area contributed by atoms with Crippen LogP contribution < -0.4 is 9.57 Å². The minimum Gasteiger partial charge on any atom is -0.497 e. The highest BCUT2D eigenvalue weighted by Gasteiger charge is 2.14. The van der Waals surface area contributed by atoms with Crippen LogP contribution in [0, 0.1) is 6.92 Å². The van der Waals surface area contributed by atoms with E-state index in [4.69, 9.17) is 4.74 Å². The Hall–Kier alpha value is -2.60. The van der Waals surface area contributed by atoms with Crippen LogP contribution in [-0.2, 0) is 10.0 Å². The number of benzene rings is 2. The number of sulfonamides is 1. The van der Waals surface area contributed by atoms with Crippen molar-refractivity contribution in [2.24, 2.45) is 5.10 Å². The standard InChI is InChI=1S/C20H24N2O3S/c1-4-5-6-10-20(17-8-7-9-18(15-17)25-3)21-22-26(23,24)19-13-11-16(2)12-14-19/h4,7-9,11-15,22H,1,5-6,10H2,2-3H3/b21-20+. The van der Waals surface area contributed by atoms with E-state index in [2.05, 4.69) is 16.5 Å². The topological polar surface area (TPSA) is 67.8 Å². The highest BCUT2D eigenvalue weighted by molar-refractivity contribution is 7.89. The molecule has 0 bridgehead atoms. The predicted molar refractivity (Wildman–Crippen MR) is 105 cm³/mol. The van der Waals surface area contributed by atoms with Gasteiger partial charge in [-0.05, 0) is 50.5 Å². The second kappa shape index (κ2) is 9.20. The number of hydrazone groups is 1. The molecule has 0 saturated heterocycles. The molecule has 2 rings (SSSR count). The zero-order chi connectivity index (χ0) is 19.0. The van der Waals surface area contributed by atoms with E-state index in [0.29, 0.717) is 17.9 Å². The van der Waals surface area contributed by atoms with Crippen molar-refractivity contribution in [2.75, 3.05) is 7.11 Å². The molecule has 1 N–H and O–H groups in total. The van der Waals surface area contributed by atoms with Crippen molar-refractivity contribution in [3.63, 3.8) is 0 Å². The predicted octanol–water partition coefficient (Wildman–Crippen LogP) is 4.04. The SMILES string of the molecule is C=CCCC/C(=N\NS(=O)(=O)c1ccc(C)cc1)c1cccc(OC)c1. The number of hydrogen-bond acceptors (Lipinski definition) is 4. The summed E-state index contributed by atoms with van der Waals surface area (Å²) in [6.45, 7) is 5.62. The van der Waals surface area contributed by atoms with Crippen molar-refractivity contribution < 1.29 is 13.2 Å². The van der Waals surface area contributed by atoms with E-state index in [-0.39, 0.29) is 4.90 Å². The quantitative estimate of drug-likeness (QED) is 0.313. The maximum atomic E-state index is 12.5. The highest BCUT2D eigenvalue weighted by atomic mass is 32.2. The minimum atomic E-state index is -3.72. The van der Waals surface area contributed by atoms with Gasteiger partial charge in [0.2, 0.25) is 0 Å². The number of rotatable bonds is 9. The van der Waals surface area contributed by atoms with Crippen molar-refractivity contribution in [3.8, 4) is 5.75 Å². The van der Waals surface area contributed by atoms with Crippen LogP contribution in [-0.4, -0.2) is 21.2 Å². The number of nitrogens with zero attached hydrogens (tertiary/aromatic N) is 1. The van der Waals surface area contributed by atoms with Gasteiger partial charge in [-0.1, -0.05) is 35.9 Å². The van der Waals surface area contributed by atoms with Gasteiger partial charge in [0.25, 0.3) is 10.0 Å². The Morgan fingerprint density at radius 1 is 1.23 bits per heavy atom. The van der Waals surface area contributed by atoms with Crippen LogP contribution in [0.25, 0.3) is 0 Å². The summed E-state index contributed by atoms with van der Waals surface area (Å²) in [5.74, 6) is 0.695. The van der Waals surface area contributed by atoms with E-state index in [0.717, 1.165) is 24.0 Å². The molecule has 0 aliphatic carbocycles. The Morgan fingerprint density at radius 3 is 2.62 bits per heavy atom. The van der Waals surface area contributed by atoms with Crippen molar-refractivity contribution in [2.45, 2.75) is 31.1 Å². The number of nitrogens with one attached hydrogen (secondary N) is 1. The van der Waals surface area contributed by atoms with E-state index in [1.165, 1.54) is 0 Å². The maximum Gasteiger partial charge on any atom is 0.276 e. The molecule has 138 valence electrons. The highest BCUT2D eigenvalue weighted by Crippen LogP contribution is 2.17. The van der Waals surface area contributed by atoms with Gasteiger partial charge < -0.3 is 4.74 Å². The molecule has 26 heavy (non-hydrogen) atoms. The van der Waals surface area contributed by atoms with E-state index in [9.17, 15) is 8.42 Å². The molecule has 0 unspecified atom stereocenters. The largest absolute Gasteiger partial charge is 0.497 e. The summed E-state index contributed by atoms with van der Waals surface area (Å²) in [5.41, 5.74) is 2.47. The van der Waals surface area contributed by atoms with Gasteiger partial charge in [-0.15, -0.1) is 6.58 Å². The summed E-state index contributed by atoms with van der Waals surface area (Å²) in [7, 11) is -2.12. The average Bonchev–Trinajstić information content (AvgIpc) is 2.65. The number of methoxy groups -OCH3 is 1. The van der Waals surface area contributed by atoms with E-state index in [1.54, 1.807) is 31.4 Å². The fourth-order valence-electron chi connectivity index (χ4n) is 2.37. The van der Waals surface area contributed by atoms with Crippen LogP contribution in [0.2, 0.25) is 0 Å². The molecule has 0 amide bonds. The molecule has 0 radical (unpaired) electrons. The Balaban J connectivity index is 2.28. The second-order valence-electron chi connectivity index (χ2n) is 5.88. The van der Waals surface area contributed by atoms with Crippen LogP contribution >= 0.6 is 0 Å². The summed E-state index contributed by atoms with van der Waals surface area (Å²) >= 11 is 0. The number of ether oxygens (including phenoxy) is 1. The normalized spacial score (nSPS) is 11.8. The molecule has 2 aromatic carbocycles. The van der Waals surface area contributed by atoms with Gasteiger partial charge in [0.05, 0.1) is 17.7 Å². The number of hydrogen-bond donors (Lipinski definition) is 1. The van der Waals surface area contributed by atoms with Gasteiger partial charge in [-0.2, -0.15) is 18.4 Å².